The summed E-state index contributed by atoms with van der Waals surface area (Å²) in [6.45, 7) is 0. The summed E-state index contributed by atoms with van der Waals surface area (Å²) in [5.41, 5.74) is 6.14. The Kier molecular flexibility index (Phi) is 4.73. The second-order valence-electron chi connectivity index (χ2n) is 5.47. The van der Waals surface area contributed by atoms with E-state index in [9.17, 15) is 12.8 Å². The molecule has 0 aromatic heterocycles. The Morgan fingerprint density at radius 2 is 2.00 bits per heavy atom. The molecule has 5 nitrogen and oxygen atoms in total. The van der Waals surface area contributed by atoms with Gasteiger partial charge in [-0.15, -0.1) is 0 Å². The van der Waals surface area contributed by atoms with Crippen LogP contribution in [0.4, 0.5) is 10.1 Å². The zero-order chi connectivity index (χ0) is 15.6. The molecule has 0 heterocycles. The van der Waals surface area contributed by atoms with Gasteiger partial charge in [0.2, 0.25) is 10.0 Å². The maximum absolute atomic E-state index is 13.3. The van der Waals surface area contributed by atoms with Crippen LogP contribution in [0.25, 0.3) is 0 Å². The van der Waals surface area contributed by atoms with Crippen molar-refractivity contribution >= 4 is 15.7 Å². The number of likely N-dealkylation sites (N-methyl/N-ethyl adjacent to an activating group) is 1. The zero-order valence-electron chi connectivity index (χ0n) is 12.3. The number of ether oxygens (including phenoxy) is 1. The SMILES string of the molecule is CN([C@H]1CCCC[C@@H]1Oc1cc(F)ccc1N)S(C)(=O)=O. The van der Waals surface area contributed by atoms with Crippen LogP contribution in [-0.4, -0.2) is 38.2 Å². The van der Waals surface area contributed by atoms with E-state index in [4.69, 9.17) is 10.5 Å². The van der Waals surface area contributed by atoms with E-state index in [0.29, 0.717) is 5.69 Å². The molecular formula is C14H21FN2O3S. The second kappa shape index (κ2) is 6.19. The van der Waals surface area contributed by atoms with Gasteiger partial charge >= 0.3 is 0 Å². The summed E-state index contributed by atoms with van der Waals surface area (Å²) in [6, 6.07) is 3.70. The lowest BCUT2D eigenvalue weighted by atomic mass is 9.92. The molecule has 1 fully saturated rings. The van der Waals surface area contributed by atoms with Gasteiger partial charge in [-0.1, -0.05) is 6.42 Å². The lowest BCUT2D eigenvalue weighted by Gasteiger charge is -2.36. The van der Waals surface area contributed by atoms with E-state index in [1.807, 2.05) is 0 Å². The van der Waals surface area contributed by atoms with Gasteiger partial charge in [0.15, 0.2) is 0 Å². The fraction of sp³-hybridized carbons (Fsp3) is 0.571. The van der Waals surface area contributed by atoms with Crippen LogP contribution in [0, 0.1) is 5.82 Å². The van der Waals surface area contributed by atoms with Gasteiger partial charge in [0, 0.05) is 13.1 Å². The van der Waals surface area contributed by atoms with Gasteiger partial charge in [0.1, 0.15) is 17.7 Å². The average molecular weight is 316 g/mol. The highest BCUT2D eigenvalue weighted by Crippen LogP contribution is 2.30. The van der Waals surface area contributed by atoms with Crippen molar-refractivity contribution < 1.29 is 17.5 Å². The number of sulfonamides is 1. The number of rotatable bonds is 4. The van der Waals surface area contributed by atoms with Crippen LogP contribution in [0.1, 0.15) is 25.7 Å². The Labute approximate surface area is 124 Å². The molecule has 2 N–H and O–H groups in total. The van der Waals surface area contributed by atoms with Crippen LogP contribution in [-0.2, 0) is 10.0 Å². The first-order valence-electron chi connectivity index (χ1n) is 6.93. The molecule has 2 atom stereocenters. The van der Waals surface area contributed by atoms with Gasteiger partial charge in [0.25, 0.3) is 0 Å². The van der Waals surface area contributed by atoms with Gasteiger partial charge in [-0.25, -0.2) is 12.8 Å². The topological polar surface area (TPSA) is 72.6 Å². The van der Waals surface area contributed by atoms with Gasteiger partial charge in [-0.3, -0.25) is 0 Å². The van der Waals surface area contributed by atoms with Crippen molar-refractivity contribution in [2.75, 3.05) is 19.0 Å². The summed E-state index contributed by atoms with van der Waals surface area (Å²) in [7, 11) is -1.75. The fourth-order valence-corrected chi connectivity index (χ4v) is 3.38. The first-order chi connectivity index (χ1) is 9.79. The molecule has 7 heteroatoms. The van der Waals surface area contributed by atoms with Crippen molar-refractivity contribution in [1.29, 1.82) is 0 Å². The minimum atomic E-state index is -3.30. The van der Waals surface area contributed by atoms with Crippen molar-refractivity contribution in [1.82, 2.24) is 4.31 Å². The van der Waals surface area contributed by atoms with Gasteiger partial charge in [-0.05, 0) is 31.4 Å². The number of nitrogens with zero attached hydrogens (tertiary/aromatic N) is 1. The normalized spacial score (nSPS) is 23.2. The second-order valence-corrected chi connectivity index (χ2v) is 7.51. The third-order valence-electron chi connectivity index (χ3n) is 3.91. The summed E-state index contributed by atoms with van der Waals surface area (Å²) in [5, 5.41) is 0. The number of anilines is 1. The number of hydrogen-bond donors (Lipinski definition) is 1. The molecule has 0 unspecified atom stereocenters. The molecule has 1 aromatic rings. The minimum absolute atomic E-state index is 0.253. The standard InChI is InChI=1S/C14H21FN2O3S/c1-17(21(2,18)19)12-5-3-4-6-13(12)20-14-9-10(15)7-8-11(14)16/h7-9,12-13H,3-6,16H2,1-2H3/t12-,13-/m0/s1. The molecule has 0 radical (unpaired) electrons. The zero-order valence-corrected chi connectivity index (χ0v) is 13.1. The molecule has 1 saturated carbocycles. The Bertz CT molecular complexity index is 606. The molecule has 0 bridgehead atoms. The van der Waals surface area contributed by atoms with E-state index in [1.54, 1.807) is 7.05 Å². The predicted octanol–water partition coefficient (Wildman–Crippen LogP) is 1.99. The molecule has 1 aromatic carbocycles. The minimum Gasteiger partial charge on any atom is -0.486 e. The highest BCUT2D eigenvalue weighted by molar-refractivity contribution is 7.88. The Hall–Kier alpha value is -1.34. The molecule has 0 saturated heterocycles. The number of halogens is 1. The summed E-state index contributed by atoms with van der Waals surface area (Å²) >= 11 is 0. The van der Waals surface area contributed by atoms with Crippen LogP contribution >= 0.6 is 0 Å². The van der Waals surface area contributed by atoms with Crippen molar-refractivity contribution in [2.45, 2.75) is 37.8 Å². The average Bonchev–Trinajstić information content (AvgIpc) is 2.42. The highest BCUT2D eigenvalue weighted by Gasteiger charge is 2.34. The van der Waals surface area contributed by atoms with Crippen LogP contribution in [0.5, 0.6) is 5.75 Å². The Morgan fingerprint density at radius 3 is 2.67 bits per heavy atom. The summed E-state index contributed by atoms with van der Waals surface area (Å²) < 4.78 is 43.9. The van der Waals surface area contributed by atoms with E-state index >= 15 is 0 Å². The number of benzene rings is 1. The van der Waals surface area contributed by atoms with Crippen LogP contribution < -0.4 is 10.5 Å². The Morgan fingerprint density at radius 1 is 1.33 bits per heavy atom. The molecule has 2 rings (SSSR count). The van der Waals surface area contributed by atoms with Crippen molar-refractivity contribution in [3.63, 3.8) is 0 Å². The van der Waals surface area contributed by atoms with Crippen LogP contribution in [0.3, 0.4) is 0 Å². The van der Waals surface area contributed by atoms with E-state index in [1.165, 1.54) is 28.8 Å². The summed E-state index contributed by atoms with van der Waals surface area (Å²) in [4.78, 5) is 0. The molecule has 0 spiro atoms. The summed E-state index contributed by atoms with van der Waals surface area (Å²) in [6.07, 6.45) is 4.21. The van der Waals surface area contributed by atoms with Crippen LogP contribution in [0.15, 0.2) is 18.2 Å². The predicted molar refractivity (Wildman–Crippen MR) is 80.1 cm³/mol. The van der Waals surface area contributed by atoms with Gasteiger partial charge in [-0.2, -0.15) is 4.31 Å². The summed E-state index contributed by atoms with van der Waals surface area (Å²) in [5.74, 6) is -0.156. The molecule has 0 amide bonds. The van der Waals surface area contributed by atoms with Crippen molar-refractivity contribution in [3.8, 4) is 5.75 Å². The molecular weight excluding hydrogens is 295 g/mol. The fourth-order valence-electron chi connectivity index (χ4n) is 2.65. The maximum Gasteiger partial charge on any atom is 0.211 e. The van der Waals surface area contributed by atoms with Gasteiger partial charge in [0.05, 0.1) is 18.0 Å². The smallest absolute Gasteiger partial charge is 0.211 e. The van der Waals surface area contributed by atoms with Crippen molar-refractivity contribution in [3.05, 3.63) is 24.0 Å². The van der Waals surface area contributed by atoms with Crippen LogP contribution in [0.2, 0.25) is 0 Å². The van der Waals surface area contributed by atoms with Crippen molar-refractivity contribution in [2.24, 2.45) is 0 Å². The third-order valence-corrected chi connectivity index (χ3v) is 5.23. The number of nitrogens with two attached hydrogens (primary N) is 1. The molecule has 0 aliphatic heterocycles. The van der Waals surface area contributed by atoms with Gasteiger partial charge < -0.3 is 10.5 Å². The largest absolute Gasteiger partial charge is 0.486 e. The molecule has 21 heavy (non-hydrogen) atoms. The lowest BCUT2D eigenvalue weighted by Crippen LogP contribution is -2.48. The molecule has 1 aliphatic carbocycles. The van der Waals surface area contributed by atoms with E-state index in [-0.39, 0.29) is 17.9 Å². The number of nitrogen functional groups attached to an aromatic ring is 1. The van der Waals surface area contributed by atoms with E-state index < -0.39 is 15.8 Å². The highest BCUT2D eigenvalue weighted by atomic mass is 32.2. The molecule has 118 valence electrons. The Balaban J connectivity index is 2.21. The first kappa shape index (κ1) is 16.0. The maximum atomic E-state index is 13.3. The monoisotopic (exact) mass is 316 g/mol. The quantitative estimate of drug-likeness (QED) is 0.862. The van der Waals surface area contributed by atoms with E-state index in [0.717, 1.165) is 25.7 Å². The van der Waals surface area contributed by atoms with E-state index in [2.05, 4.69) is 0 Å². The third kappa shape index (κ3) is 3.85. The first-order valence-corrected chi connectivity index (χ1v) is 8.78. The lowest BCUT2D eigenvalue weighted by molar-refractivity contribution is 0.0850. The number of hydrogen-bond acceptors (Lipinski definition) is 4. The molecule has 1 aliphatic rings.